The van der Waals surface area contributed by atoms with Gasteiger partial charge in [-0.15, -0.1) is 0 Å². The number of carbonyl (C=O) groups is 1. The molecule has 0 aliphatic rings. The quantitative estimate of drug-likeness (QED) is 0.392. The lowest BCUT2D eigenvalue weighted by Gasteiger charge is -2.10. The van der Waals surface area contributed by atoms with Crippen molar-refractivity contribution in [2.45, 2.75) is 65.4 Å². The summed E-state index contributed by atoms with van der Waals surface area (Å²) in [5, 5.41) is 0. The van der Waals surface area contributed by atoms with Crippen LogP contribution in [0.2, 0.25) is 0 Å². The Bertz CT molecular complexity index is 483. The molecule has 0 aromatic heterocycles. The molecule has 1 aromatic rings. The fourth-order valence-electron chi connectivity index (χ4n) is 2.56. The van der Waals surface area contributed by atoms with Crippen molar-refractivity contribution < 1.29 is 19.0 Å². The first-order valence-corrected chi connectivity index (χ1v) is 8.93. The van der Waals surface area contributed by atoms with E-state index in [9.17, 15) is 4.79 Å². The maximum absolute atomic E-state index is 11.8. The summed E-state index contributed by atoms with van der Waals surface area (Å²) in [6.07, 6.45) is 7.57. The molecule has 4 heteroatoms. The number of hydrogen-bond acceptors (Lipinski definition) is 4. The van der Waals surface area contributed by atoms with E-state index in [1.807, 2.05) is 18.2 Å². The van der Waals surface area contributed by atoms with Crippen molar-refractivity contribution in [2.75, 3.05) is 14.2 Å². The van der Waals surface area contributed by atoms with Crippen LogP contribution in [-0.2, 0) is 16.1 Å². The molecule has 0 heterocycles. The van der Waals surface area contributed by atoms with Crippen LogP contribution >= 0.6 is 0 Å². The number of ether oxygens (including phenoxy) is 3. The van der Waals surface area contributed by atoms with Gasteiger partial charge < -0.3 is 14.2 Å². The minimum atomic E-state index is -0.132. The third-order valence-electron chi connectivity index (χ3n) is 4.01. The molecule has 0 unspecified atom stereocenters. The highest BCUT2D eigenvalue weighted by Crippen LogP contribution is 2.27. The molecular formula is C20H32O4. The van der Waals surface area contributed by atoms with Crippen LogP contribution in [-0.4, -0.2) is 20.2 Å². The van der Waals surface area contributed by atoms with E-state index >= 15 is 0 Å². The average molecular weight is 336 g/mol. The van der Waals surface area contributed by atoms with E-state index in [0.29, 0.717) is 17.9 Å². The molecule has 1 aromatic carbocycles. The molecule has 0 spiro atoms. The molecule has 24 heavy (non-hydrogen) atoms. The second-order valence-electron chi connectivity index (χ2n) is 6.55. The second kappa shape index (κ2) is 11.8. The van der Waals surface area contributed by atoms with Crippen LogP contribution in [0.4, 0.5) is 0 Å². The predicted molar refractivity (Wildman–Crippen MR) is 96.5 cm³/mol. The van der Waals surface area contributed by atoms with Crippen molar-refractivity contribution in [3.63, 3.8) is 0 Å². The Morgan fingerprint density at radius 3 is 2.29 bits per heavy atom. The molecule has 4 nitrogen and oxygen atoms in total. The summed E-state index contributed by atoms with van der Waals surface area (Å²) in [6, 6.07) is 5.53. The summed E-state index contributed by atoms with van der Waals surface area (Å²) in [6.45, 7) is 4.79. The van der Waals surface area contributed by atoms with Gasteiger partial charge >= 0.3 is 5.97 Å². The Morgan fingerprint density at radius 2 is 1.62 bits per heavy atom. The van der Waals surface area contributed by atoms with Gasteiger partial charge in [0.05, 0.1) is 14.2 Å². The van der Waals surface area contributed by atoms with Crippen LogP contribution in [0.3, 0.4) is 0 Å². The standard InChI is InChI=1S/C20H32O4/c1-16(2)10-8-6-5-7-9-11-20(21)24-15-17-12-13-18(22-3)19(14-17)23-4/h12-14,16H,5-11,15H2,1-4H3. The van der Waals surface area contributed by atoms with Crippen LogP contribution in [0, 0.1) is 5.92 Å². The summed E-state index contributed by atoms with van der Waals surface area (Å²) in [4.78, 5) is 11.8. The van der Waals surface area contributed by atoms with Gasteiger partial charge in [-0.05, 0) is 30.0 Å². The predicted octanol–water partition coefficient (Wildman–Crippen LogP) is 5.13. The number of rotatable bonds is 12. The Kier molecular flexibility index (Phi) is 9.97. The molecule has 0 aliphatic heterocycles. The molecule has 0 N–H and O–H groups in total. The Balaban J connectivity index is 2.17. The molecule has 0 radical (unpaired) electrons. The lowest BCUT2D eigenvalue weighted by molar-refractivity contribution is -0.145. The molecule has 136 valence electrons. The van der Waals surface area contributed by atoms with Gasteiger partial charge in [0, 0.05) is 6.42 Å². The van der Waals surface area contributed by atoms with Gasteiger partial charge in [0.2, 0.25) is 0 Å². The molecule has 0 fully saturated rings. The normalized spacial score (nSPS) is 10.7. The van der Waals surface area contributed by atoms with E-state index in [1.54, 1.807) is 14.2 Å². The lowest BCUT2D eigenvalue weighted by Crippen LogP contribution is -2.04. The monoisotopic (exact) mass is 336 g/mol. The summed E-state index contributed by atoms with van der Waals surface area (Å²) >= 11 is 0. The van der Waals surface area contributed by atoms with Crippen molar-refractivity contribution in [2.24, 2.45) is 5.92 Å². The fraction of sp³-hybridized carbons (Fsp3) is 0.650. The van der Waals surface area contributed by atoms with Crippen LogP contribution in [0.1, 0.15) is 64.4 Å². The Morgan fingerprint density at radius 1 is 0.958 bits per heavy atom. The van der Waals surface area contributed by atoms with Crippen LogP contribution < -0.4 is 9.47 Å². The maximum atomic E-state index is 11.8. The van der Waals surface area contributed by atoms with Gasteiger partial charge in [-0.2, -0.15) is 0 Å². The van der Waals surface area contributed by atoms with Crippen molar-refractivity contribution in [3.8, 4) is 11.5 Å². The van der Waals surface area contributed by atoms with Crippen molar-refractivity contribution in [1.29, 1.82) is 0 Å². The van der Waals surface area contributed by atoms with Gasteiger partial charge in [-0.3, -0.25) is 4.79 Å². The minimum Gasteiger partial charge on any atom is -0.493 e. The minimum absolute atomic E-state index is 0.132. The smallest absolute Gasteiger partial charge is 0.306 e. The molecular weight excluding hydrogens is 304 g/mol. The molecule has 0 amide bonds. The van der Waals surface area contributed by atoms with Crippen molar-refractivity contribution >= 4 is 5.97 Å². The van der Waals surface area contributed by atoms with Gasteiger partial charge in [-0.25, -0.2) is 0 Å². The third kappa shape index (κ3) is 8.23. The summed E-state index contributed by atoms with van der Waals surface area (Å²) in [7, 11) is 3.19. The molecule has 0 saturated carbocycles. The zero-order valence-electron chi connectivity index (χ0n) is 15.6. The summed E-state index contributed by atoms with van der Waals surface area (Å²) in [5.41, 5.74) is 0.898. The lowest BCUT2D eigenvalue weighted by atomic mass is 10.0. The first-order chi connectivity index (χ1) is 11.6. The van der Waals surface area contributed by atoms with Gasteiger partial charge in [0.1, 0.15) is 6.61 Å². The zero-order valence-corrected chi connectivity index (χ0v) is 15.6. The largest absolute Gasteiger partial charge is 0.493 e. The number of carbonyl (C=O) groups excluding carboxylic acids is 1. The van der Waals surface area contributed by atoms with E-state index < -0.39 is 0 Å². The highest BCUT2D eigenvalue weighted by atomic mass is 16.5. The van der Waals surface area contributed by atoms with E-state index in [0.717, 1.165) is 24.3 Å². The highest BCUT2D eigenvalue weighted by molar-refractivity contribution is 5.69. The van der Waals surface area contributed by atoms with E-state index in [2.05, 4.69) is 13.8 Å². The highest BCUT2D eigenvalue weighted by Gasteiger charge is 2.07. The first-order valence-electron chi connectivity index (χ1n) is 8.93. The topological polar surface area (TPSA) is 44.8 Å². The Labute approximate surface area is 146 Å². The average Bonchev–Trinajstić information content (AvgIpc) is 2.58. The molecule has 0 aliphatic carbocycles. The van der Waals surface area contributed by atoms with Crippen LogP contribution in [0.5, 0.6) is 11.5 Å². The van der Waals surface area contributed by atoms with Crippen molar-refractivity contribution in [3.05, 3.63) is 23.8 Å². The maximum Gasteiger partial charge on any atom is 0.306 e. The molecule has 1 rings (SSSR count). The van der Waals surface area contributed by atoms with Crippen LogP contribution in [0.15, 0.2) is 18.2 Å². The molecule has 0 bridgehead atoms. The number of methoxy groups -OCH3 is 2. The number of esters is 1. The summed E-state index contributed by atoms with van der Waals surface area (Å²) < 4.78 is 15.8. The van der Waals surface area contributed by atoms with E-state index in [1.165, 1.54) is 25.7 Å². The van der Waals surface area contributed by atoms with Gasteiger partial charge in [0.25, 0.3) is 0 Å². The van der Waals surface area contributed by atoms with Gasteiger partial charge in [0.15, 0.2) is 11.5 Å². The molecule has 0 atom stereocenters. The van der Waals surface area contributed by atoms with E-state index in [4.69, 9.17) is 14.2 Å². The first kappa shape index (κ1) is 20.3. The SMILES string of the molecule is COc1ccc(COC(=O)CCCCCCCC(C)C)cc1OC. The summed E-state index contributed by atoms with van der Waals surface area (Å²) in [5.74, 6) is 1.97. The zero-order chi connectivity index (χ0) is 17.8. The molecule has 0 saturated heterocycles. The fourth-order valence-corrected chi connectivity index (χ4v) is 2.56. The third-order valence-corrected chi connectivity index (χ3v) is 4.01. The van der Waals surface area contributed by atoms with Gasteiger partial charge in [-0.1, -0.05) is 52.0 Å². The number of benzene rings is 1. The Hall–Kier alpha value is -1.71. The number of hydrogen-bond donors (Lipinski definition) is 0. The van der Waals surface area contributed by atoms with Crippen LogP contribution in [0.25, 0.3) is 0 Å². The number of unbranched alkanes of at least 4 members (excludes halogenated alkanes) is 4. The van der Waals surface area contributed by atoms with Crippen molar-refractivity contribution in [1.82, 2.24) is 0 Å². The second-order valence-corrected chi connectivity index (χ2v) is 6.55. The van der Waals surface area contributed by atoms with E-state index in [-0.39, 0.29) is 12.6 Å².